The minimum absolute atomic E-state index is 0.0924. The molecular weight excluding hydrogens is 392 g/mol. The summed E-state index contributed by atoms with van der Waals surface area (Å²) in [6.45, 7) is 8.83. The number of hydrogen-bond acceptors (Lipinski definition) is 9. The topological polar surface area (TPSA) is 141 Å². The van der Waals surface area contributed by atoms with Gasteiger partial charge in [-0.2, -0.15) is 0 Å². The molecular formula is C17H30O10Si. The van der Waals surface area contributed by atoms with Crippen molar-refractivity contribution in [1.29, 1.82) is 0 Å². The van der Waals surface area contributed by atoms with Gasteiger partial charge in [-0.1, -0.05) is 19.6 Å². The molecule has 0 saturated carbocycles. The van der Waals surface area contributed by atoms with E-state index < -0.39 is 55.8 Å². The standard InChI is InChI=1S/C17H30O10Si/c1-15(2)26-12(9-24-10-23-6-7-28(3,4)5)17(27-15)14(21)25-11(8-18)16(17,22)13(19)20/h11-12,18,22H,6-10H2,1-5H3,(H,19,20)/t11-,12-,16-,17+/m1/s1. The van der Waals surface area contributed by atoms with Crippen LogP contribution in [0.15, 0.2) is 0 Å². The van der Waals surface area contributed by atoms with Crippen LogP contribution in [0.4, 0.5) is 0 Å². The Bertz CT molecular complexity index is 603. The van der Waals surface area contributed by atoms with Gasteiger partial charge < -0.3 is 39.0 Å². The summed E-state index contributed by atoms with van der Waals surface area (Å²) < 4.78 is 27.0. The fourth-order valence-corrected chi connectivity index (χ4v) is 4.12. The third kappa shape index (κ3) is 4.11. The Morgan fingerprint density at radius 1 is 1.21 bits per heavy atom. The van der Waals surface area contributed by atoms with Gasteiger partial charge in [-0.05, 0) is 19.9 Å². The zero-order valence-corrected chi connectivity index (χ0v) is 17.9. The summed E-state index contributed by atoms with van der Waals surface area (Å²) in [5, 5.41) is 29.9. The maximum Gasteiger partial charge on any atom is 0.345 e. The zero-order chi connectivity index (χ0) is 21.4. The van der Waals surface area contributed by atoms with E-state index in [-0.39, 0.29) is 13.4 Å². The lowest BCUT2D eigenvalue weighted by molar-refractivity contribution is -0.216. The largest absolute Gasteiger partial charge is 0.479 e. The first kappa shape index (κ1) is 23.2. The van der Waals surface area contributed by atoms with Gasteiger partial charge in [0.05, 0.1) is 13.2 Å². The highest BCUT2D eigenvalue weighted by atomic mass is 28.3. The molecule has 2 saturated heterocycles. The lowest BCUT2D eigenvalue weighted by Crippen LogP contribution is -2.68. The highest BCUT2D eigenvalue weighted by molar-refractivity contribution is 6.76. The van der Waals surface area contributed by atoms with Crippen molar-refractivity contribution in [3.8, 4) is 0 Å². The maximum absolute atomic E-state index is 12.6. The van der Waals surface area contributed by atoms with Crippen molar-refractivity contribution in [1.82, 2.24) is 0 Å². The molecule has 2 aliphatic heterocycles. The summed E-state index contributed by atoms with van der Waals surface area (Å²) in [6.07, 6.45) is -2.99. The second-order valence-corrected chi connectivity index (χ2v) is 14.3. The number of cyclic esters (lactones) is 1. The van der Waals surface area contributed by atoms with E-state index in [9.17, 15) is 24.9 Å². The van der Waals surface area contributed by atoms with Gasteiger partial charge in [0.25, 0.3) is 0 Å². The Hall–Kier alpha value is -1.08. The fraction of sp³-hybridized carbons (Fsp3) is 0.882. The van der Waals surface area contributed by atoms with E-state index in [1.54, 1.807) is 0 Å². The number of aliphatic hydroxyl groups excluding tert-OH is 1. The Morgan fingerprint density at radius 2 is 1.86 bits per heavy atom. The molecule has 2 rings (SSSR count). The summed E-state index contributed by atoms with van der Waals surface area (Å²) in [6, 6.07) is 0.944. The first-order valence-electron chi connectivity index (χ1n) is 9.11. The molecule has 0 radical (unpaired) electrons. The van der Waals surface area contributed by atoms with Gasteiger partial charge in [-0.15, -0.1) is 0 Å². The number of rotatable bonds is 9. The summed E-state index contributed by atoms with van der Waals surface area (Å²) in [5.74, 6) is -4.29. The Balaban J connectivity index is 2.14. The van der Waals surface area contributed by atoms with Gasteiger partial charge in [-0.25, -0.2) is 9.59 Å². The van der Waals surface area contributed by atoms with E-state index in [1.807, 2.05) is 0 Å². The van der Waals surface area contributed by atoms with Gasteiger partial charge >= 0.3 is 11.9 Å². The fourth-order valence-electron chi connectivity index (χ4n) is 3.36. The Morgan fingerprint density at radius 3 is 2.39 bits per heavy atom. The molecule has 2 fully saturated rings. The normalized spacial score (nSPS) is 34.8. The number of aliphatic carboxylic acids is 1. The molecule has 162 valence electrons. The number of esters is 1. The van der Waals surface area contributed by atoms with Gasteiger partial charge in [0.1, 0.15) is 12.9 Å². The predicted octanol–water partition coefficient (Wildman–Crippen LogP) is -0.0610. The quantitative estimate of drug-likeness (QED) is 0.200. The highest BCUT2D eigenvalue weighted by Crippen LogP contribution is 2.50. The minimum Gasteiger partial charge on any atom is -0.479 e. The molecule has 2 aliphatic rings. The van der Waals surface area contributed by atoms with Crippen LogP contribution in [0.5, 0.6) is 0 Å². The molecule has 0 aromatic rings. The SMILES string of the molecule is CC1(C)O[C@H](COCOCC[Si](C)(C)C)[C@]2(O1)C(=O)O[C@H](CO)[C@@]2(O)C(=O)O. The van der Waals surface area contributed by atoms with Crippen LogP contribution in [-0.2, 0) is 33.3 Å². The molecule has 0 aromatic heterocycles. The van der Waals surface area contributed by atoms with Crippen LogP contribution in [0.1, 0.15) is 13.8 Å². The van der Waals surface area contributed by atoms with Gasteiger partial charge in [0.15, 0.2) is 11.9 Å². The predicted molar refractivity (Wildman–Crippen MR) is 97.2 cm³/mol. The average Bonchev–Trinajstić information content (AvgIpc) is 2.96. The van der Waals surface area contributed by atoms with E-state index in [0.717, 1.165) is 6.04 Å². The maximum atomic E-state index is 12.6. The molecule has 0 amide bonds. The van der Waals surface area contributed by atoms with Crippen LogP contribution in [0.3, 0.4) is 0 Å². The minimum atomic E-state index is -2.85. The van der Waals surface area contributed by atoms with Gasteiger partial charge in [0, 0.05) is 14.7 Å². The zero-order valence-electron chi connectivity index (χ0n) is 16.9. The number of carboxylic acids is 1. The van der Waals surface area contributed by atoms with Crippen LogP contribution in [0, 0.1) is 0 Å². The van der Waals surface area contributed by atoms with Crippen LogP contribution in [-0.4, -0.2) is 91.1 Å². The first-order valence-corrected chi connectivity index (χ1v) is 12.8. The van der Waals surface area contributed by atoms with Crippen molar-refractivity contribution in [2.24, 2.45) is 0 Å². The molecule has 0 unspecified atom stereocenters. The van der Waals surface area contributed by atoms with Crippen molar-refractivity contribution in [3.63, 3.8) is 0 Å². The van der Waals surface area contributed by atoms with E-state index in [1.165, 1.54) is 13.8 Å². The molecule has 11 heteroatoms. The number of carboxylic acid groups (broad SMARTS) is 1. The first-order chi connectivity index (χ1) is 12.8. The molecule has 4 atom stereocenters. The monoisotopic (exact) mass is 422 g/mol. The Kier molecular flexibility index (Phi) is 6.61. The van der Waals surface area contributed by atoms with E-state index in [2.05, 4.69) is 19.6 Å². The molecule has 0 bridgehead atoms. The third-order valence-corrected chi connectivity index (χ3v) is 6.50. The molecule has 2 heterocycles. The molecule has 0 aliphatic carbocycles. The number of carbonyl (C=O) groups is 2. The summed E-state index contributed by atoms with van der Waals surface area (Å²) in [5.41, 5.74) is -5.23. The third-order valence-electron chi connectivity index (χ3n) is 4.80. The second kappa shape index (κ2) is 7.98. The average molecular weight is 423 g/mol. The van der Waals surface area contributed by atoms with Crippen LogP contribution < -0.4 is 0 Å². The van der Waals surface area contributed by atoms with Crippen molar-refractivity contribution in [3.05, 3.63) is 0 Å². The Labute approximate surface area is 164 Å². The van der Waals surface area contributed by atoms with Crippen molar-refractivity contribution < 1.29 is 48.6 Å². The summed E-state index contributed by atoms with van der Waals surface area (Å²) in [7, 11) is -1.25. The summed E-state index contributed by atoms with van der Waals surface area (Å²) in [4.78, 5) is 24.5. The number of aliphatic hydroxyl groups is 2. The van der Waals surface area contributed by atoms with Gasteiger partial charge in [-0.3, -0.25) is 0 Å². The molecule has 28 heavy (non-hydrogen) atoms. The smallest absolute Gasteiger partial charge is 0.345 e. The van der Waals surface area contributed by atoms with Crippen LogP contribution in [0.2, 0.25) is 25.7 Å². The van der Waals surface area contributed by atoms with Gasteiger partial charge in [0.2, 0.25) is 11.2 Å². The molecule has 1 spiro atoms. The van der Waals surface area contributed by atoms with E-state index >= 15 is 0 Å². The summed E-state index contributed by atoms with van der Waals surface area (Å²) >= 11 is 0. The van der Waals surface area contributed by atoms with Crippen LogP contribution in [0.25, 0.3) is 0 Å². The number of hydrogen-bond donors (Lipinski definition) is 3. The number of ether oxygens (including phenoxy) is 5. The van der Waals surface area contributed by atoms with Crippen molar-refractivity contribution in [2.75, 3.05) is 26.6 Å². The van der Waals surface area contributed by atoms with Crippen molar-refractivity contribution in [2.45, 2.75) is 68.7 Å². The lowest BCUT2D eigenvalue weighted by Gasteiger charge is -2.35. The van der Waals surface area contributed by atoms with Crippen molar-refractivity contribution >= 4 is 20.0 Å². The highest BCUT2D eigenvalue weighted by Gasteiger charge is 2.80. The van der Waals surface area contributed by atoms with E-state index in [0.29, 0.717) is 6.61 Å². The van der Waals surface area contributed by atoms with Crippen LogP contribution >= 0.6 is 0 Å². The molecule has 3 N–H and O–H groups in total. The molecule has 0 aromatic carbocycles. The lowest BCUT2D eigenvalue weighted by atomic mass is 9.77. The second-order valence-electron chi connectivity index (χ2n) is 8.70. The molecule has 10 nitrogen and oxygen atoms in total. The number of carbonyl (C=O) groups excluding carboxylic acids is 1. The van der Waals surface area contributed by atoms with E-state index in [4.69, 9.17) is 23.7 Å².